The van der Waals surface area contributed by atoms with E-state index in [1.807, 2.05) is 43.3 Å². The van der Waals surface area contributed by atoms with E-state index in [0.717, 1.165) is 54.7 Å². The largest absolute Gasteiger partial charge is 0.467 e. The molecule has 3 aliphatic rings. The monoisotopic (exact) mass is 481 g/mol. The van der Waals surface area contributed by atoms with Gasteiger partial charge in [-0.3, -0.25) is 4.79 Å². The first-order valence-electron chi connectivity index (χ1n) is 12.1. The topological polar surface area (TPSA) is 83.7 Å². The van der Waals surface area contributed by atoms with Crippen LogP contribution in [0.5, 0.6) is 0 Å². The summed E-state index contributed by atoms with van der Waals surface area (Å²) in [5.41, 5.74) is 2.85. The maximum Gasteiger partial charge on any atom is 0.343 e. The molecule has 8 heteroatoms. The highest BCUT2D eigenvalue weighted by atomic mass is 16.6. The number of carbonyl (C=O) groups is 2. The third-order valence-electron chi connectivity index (χ3n) is 8.67. The van der Waals surface area contributed by atoms with Crippen molar-refractivity contribution in [2.75, 3.05) is 14.2 Å². The Kier molecular flexibility index (Phi) is 3.54. The quantitative estimate of drug-likeness (QED) is 0.380. The fourth-order valence-corrected chi connectivity index (χ4v) is 7.23. The lowest BCUT2D eigenvalue weighted by atomic mass is 9.88. The van der Waals surface area contributed by atoms with Crippen LogP contribution < -0.4 is 5.32 Å². The van der Waals surface area contributed by atoms with Crippen molar-refractivity contribution < 1.29 is 23.8 Å². The molecule has 0 radical (unpaired) electrons. The summed E-state index contributed by atoms with van der Waals surface area (Å²) in [7, 11) is 2.92. The van der Waals surface area contributed by atoms with Crippen molar-refractivity contribution >= 4 is 55.5 Å². The van der Waals surface area contributed by atoms with Gasteiger partial charge in [0.15, 0.2) is 5.72 Å². The number of benzene rings is 3. The Labute approximate surface area is 205 Å². The van der Waals surface area contributed by atoms with Gasteiger partial charge in [0.25, 0.3) is 5.91 Å². The van der Waals surface area contributed by atoms with Crippen molar-refractivity contribution in [3.63, 3.8) is 0 Å². The first-order chi connectivity index (χ1) is 17.5. The summed E-state index contributed by atoms with van der Waals surface area (Å²) in [5, 5.41) is 6.98. The number of rotatable bonds is 2. The van der Waals surface area contributed by atoms with Crippen molar-refractivity contribution in [1.82, 2.24) is 14.5 Å². The molecule has 1 fully saturated rings. The molecule has 1 amide bonds. The van der Waals surface area contributed by atoms with Crippen LogP contribution in [0.15, 0.2) is 48.5 Å². The summed E-state index contributed by atoms with van der Waals surface area (Å²) >= 11 is 0. The van der Waals surface area contributed by atoms with Crippen LogP contribution in [-0.2, 0) is 31.3 Å². The minimum absolute atomic E-state index is 0.0611. The molecular formula is C28H23N3O5. The fourth-order valence-electron chi connectivity index (χ4n) is 7.23. The highest BCUT2D eigenvalue weighted by Crippen LogP contribution is 2.58. The molecular weight excluding hydrogens is 458 g/mol. The highest BCUT2D eigenvalue weighted by Gasteiger charge is 2.67. The van der Waals surface area contributed by atoms with Crippen molar-refractivity contribution in [2.45, 2.75) is 37.4 Å². The molecule has 3 aromatic carbocycles. The lowest BCUT2D eigenvalue weighted by molar-refractivity contribution is -0.210. The van der Waals surface area contributed by atoms with E-state index in [9.17, 15) is 9.59 Å². The van der Waals surface area contributed by atoms with E-state index in [1.165, 1.54) is 7.11 Å². The Morgan fingerprint density at radius 1 is 1.03 bits per heavy atom. The van der Waals surface area contributed by atoms with E-state index >= 15 is 0 Å². The number of nitrogens with one attached hydrogen (secondary N) is 1. The number of nitrogens with zero attached hydrogens (tertiary/aromatic N) is 2. The average Bonchev–Trinajstić information content (AvgIpc) is 3.60. The van der Waals surface area contributed by atoms with Gasteiger partial charge in [-0.2, -0.15) is 0 Å². The molecule has 5 aromatic rings. The van der Waals surface area contributed by atoms with Crippen LogP contribution in [0.25, 0.3) is 43.6 Å². The van der Waals surface area contributed by atoms with Gasteiger partial charge in [-0.25, -0.2) is 4.79 Å². The van der Waals surface area contributed by atoms with E-state index in [1.54, 1.807) is 7.11 Å². The van der Waals surface area contributed by atoms with E-state index < -0.39 is 23.5 Å². The van der Waals surface area contributed by atoms with Crippen molar-refractivity contribution in [3.05, 3.63) is 59.7 Å². The zero-order chi connectivity index (χ0) is 24.6. The van der Waals surface area contributed by atoms with Gasteiger partial charge < -0.3 is 28.7 Å². The average molecular weight is 482 g/mol. The number of carbonyl (C=O) groups excluding carboxylic acids is 2. The second-order valence-corrected chi connectivity index (χ2v) is 10.0. The number of aromatic nitrogens is 2. The molecule has 36 heavy (non-hydrogen) atoms. The molecule has 8 rings (SSSR count). The maximum absolute atomic E-state index is 13.5. The Morgan fingerprint density at radius 2 is 1.72 bits per heavy atom. The molecule has 1 saturated heterocycles. The number of hydrogen-bond acceptors (Lipinski definition) is 5. The molecule has 1 N–H and O–H groups in total. The summed E-state index contributed by atoms with van der Waals surface area (Å²) in [6, 6.07) is 16.2. The van der Waals surface area contributed by atoms with Crippen LogP contribution in [0.1, 0.15) is 35.5 Å². The van der Waals surface area contributed by atoms with E-state index in [2.05, 4.69) is 26.6 Å². The Morgan fingerprint density at radius 3 is 2.44 bits per heavy atom. The molecule has 8 nitrogen and oxygen atoms in total. The molecule has 2 aromatic heterocycles. The van der Waals surface area contributed by atoms with Gasteiger partial charge in [-0.05, 0) is 24.6 Å². The number of ether oxygens (including phenoxy) is 3. The molecule has 0 unspecified atom stereocenters. The minimum Gasteiger partial charge on any atom is -0.467 e. The first-order valence-corrected chi connectivity index (χ1v) is 12.1. The third kappa shape index (κ3) is 1.93. The van der Waals surface area contributed by atoms with Crippen LogP contribution in [0, 0.1) is 0 Å². The normalized spacial score (nSPS) is 26.3. The maximum atomic E-state index is 13.5. The summed E-state index contributed by atoms with van der Waals surface area (Å²) in [4.78, 5) is 26.8. The number of fused-ring (bicyclic) bond motifs is 13. The van der Waals surface area contributed by atoms with Crippen LogP contribution in [0.3, 0.4) is 0 Å². The second kappa shape index (κ2) is 6.27. The number of esters is 1. The summed E-state index contributed by atoms with van der Waals surface area (Å²) in [5.74, 6) is -0.538. The third-order valence-corrected chi connectivity index (χ3v) is 8.67. The molecule has 3 atom stereocenters. The number of methoxy groups -OCH3 is 2. The lowest BCUT2D eigenvalue weighted by Gasteiger charge is -2.40. The number of para-hydroxylation sites is 2. The molecule has 5 heterocycles. The molecule has 2 bridgehead atoms. The second-order valence-electron chi connectivity index (χ2n) is 10.0. The lowest BCUT2D eigenvalue weighted by Crippen LogP contribution is -2.57. The van der Waals surface area contributed by atoms with Crippen molar-refractivity contribution in [1.29, 1.82) is 0 Å². The fraction of sp³-hybridized carbons (Fsp3) is 0.286. The molecule has 180 valence electrons. The Balaban J connectivity index is 1.72. The van der Waals surface area contributed by atoms with Crippen LogP contribution in [0.4, 0.5) is 0 Å². The van der Waals surface area contributed by atoms with Crippen LogP contribution in [0.2, 0.25) is 0 Å². The van der Waals surface area contributed by atoms with E-state index in [-0.39, 0.29) is 12.3 Å². The van der Waals surface area contributed by atoms with Gasteiger partial charge in [-0.1, -0.05) is 36.4 Å². The van der Waals surface area contributed by atoms with Crippen LogP contribution in [-0.4, -0.2) is 40.8 Å². The zero-order valence-electron chi connectivity index (χ0n) is 20.0. The van der Waals surface area contributed by atoms with E-state index in [4.69, 9.17) is 14.2 Å². The van der Waals surface area contributed by atoms with Gasteiger partial charge in [0.05, 0.1) is 34.7 Å². The Bertz CT molecular complexity index is 1850. The van der Waals surface area contributed by atoms with Gasteiger partial charge >= 0.3 is 5.97 Å². The molecule has 0 saturated carbocycles. The summed E-state index contributed by atoms with van der Waals surface area (Å²) < 4.78 is 22.6. The van der Waals surface area contributed by atoms with Crippen molar-refractivity contribution in [3.8, 4) is 0 Å². The zero-order valence-corrected chi connectivity index (χ0v) is 20.0. The van der Waals surface area contributed by atoms with Gasteiger partial charge in [0, 0.05) is 41.6 Å². The molecule has 0 spiro atoms. The van der Waals surface area contributed by atoms with Gasteiger partial charge in [0.2, 0.25) is 5.60 Å². The Hall–Kier alpha value is -3.88. The smallest absolute Gasteiger partial charge is 0.343 e. The minimum atomic E-state index is -1.39. The van der Waals surface area contributed by atoms with Gasteiger partial charge in [0.1, 0.15) is 6.23 Å². The predicted octanol–water partition coefficient (Wildman–Crippen LogP) is 4.31. The predicted molar refractivity (Wildman–Crippen MR) is 134 cm³/mol. The van der Waals surface area contributed by atoms with Crippen molar-refractivity contribution in [2.24, 2.45) is 0 Å². The number of amides is 1. The molecule has 0 aliphatic carbocycles. The van der Waals surface area contributed by atoms with Gasteiger partial charge in [-0.15, -0.1) is 0 Å². The molecule has 3 aliphatic heterocycles. The summed E-state index contributed by atoms with van der Waals surface area (Å²) in [6.07, 6.45) is -0.252. The SMILES string of the molecule is COC(=O)[C@@]1(OC)C[C@H]2O[C@]1(C)n1c3ccccc3c3c4c(c5c6ccccc6n2c5c31)C(=O)NC4. The van der Waals surface area contributed by atoms with Crippen LogP contribution >= 0.6 is 0 Å². The first kappa shape index (κ1) is 20.3. The highest BCUT2D eigenvalue weighted by molar-refractivity contribution is 6.31. The number of hydrogen-bond donors (Lipinski definition) is 1. The standard InChI is InChI=1S/C28H23N3O5/c1-27-28(35-3,26(33)34-2)12-19(36-27)30-17-10-6-4-8-14(17)21-22-16(13-29-25(22)32)20-15-9-5-7-11-18(15)31(27)24(20)23(21)30/h4-11,19H,12-13H2,1-3H3,(H,29,32)/t19-,27+,28+/m1/s1. The van der Waals surface area contributed by atoms with E-state index in [0.29, 0.717) is 6.54 Å². The summed E-state index contributed by atoms with van der Waals surface area (Å²) in [6.45, 7) is 2.36.